The Labute approximate surface area is 148 Å². The molecule has 0 bridgehead atoms. The zero-order valence-corrected chi connectivity index (χ0v) is 17.2. The van der Waals surface area contributed by atoms with Crippen molar-refractivity contribution in [2.75, 3.05) is 6.61 Å². The van der Waals surface area contributed by atoms with Gasteiger partial charge in [-0.1, -0.05) is 26.8 Å². The van der Waals surface area contributed by atoms with Crippen molar-refractivity contribution in [3.8, 4) is 0 Å². The third-order valence-electron chi connectivity index (χ3n) is 4.76. The van der Waals surface area contributed by atoms with E-state index >= 15 is 0 Å². The van der Waals surface area contributed by atoms with E-state index in [0.29, 0.717) is 5.69 Å². The molecule has 1 aromatic carbocycles. The van der Waals surface area contributed by atoms with Crippen molar-refractivity contribution in [2.45, 2.75) is 51.9 Å². The van der Waals surface area contributed by atoms with Gasteiger partial charge in [0.25, 0.3) is 0 Å². The number of rotatable bonds is 5. The van der Waals surface area contributed by atoms with Crippen molar-refractivity contribution in [3.05, 3.63) is 40.3 Å². The molecule has 2 rings (SSSR count). The van der Waals surface area contributed by atoms with Crippen LogP contribution in [0.25, 0.3) is 15.7 Å². The highest BCUT2D eigenvalue weighted by Gasteiger charge is 2.36. The van der Waals surface area contributed by atoms with Crippen molar-refractivity contribution in [1.82, 2.24) is 4.57 Å². The van der Waals surface area contributed by atoms with Crippen LogP contribution in [0.5, 0.6) is 0 Å². The van der Waals surface area contributed by atoms with Crippen molar-refractivity contribution >= 4 is 40.8 Å². The average molecular weight is 393 g/mol. The van der Waals surface area contributed by atoms with Crippen LogP contribution in [-0.4, -0.2) is 19.5 Å². The van der Waals surface area contributed by atoms with Crippen molar-refractivity contribution in [3.63, 3.8) is 0 Å². The molecule has 0 unspecified atom stereocenters. The highest BCUT2D eigenvalue weighted by Crippen LogP contribution is 2.36. The molecule has 23 heavy (non-hydrogen) atoms. The molecule has 1 heterocycles. The Bertz CT molecular complexity index is 738. The molecular formula is C18H25BrN2OSi. The predicted molar refractivity (Wildman–Crippen MR) is 104 cm³/mol. The Kier molecular flexibility index (Phi) is 5.39. The third kappa shape index (κ3) is 4.06. The molecule has 0 amide bonds. The van der Waals surface area contributed by atoms with E-state index < -0.39 is 8.32 Å². The molecule has 124 valence electrons. The van der Waals surface area contributed by atoms with Crippen LogP contribution in [0.2, 0.25) is 18.1 Å². The van der Waals surface area contributed by atoms with E-state index in [2.05, 4.69) is 65.4 Å². The summed E-state index contributed by atoms with van der Waals surface area (Å²) >= 11 is 3.60. The Hall–Kier alpha value is -1.09. The van der Waals surface area contributed by atoms with Crippen LogP contribution in [-0.2, 0) is 11.0 Å². The quantitative estimate of drug-likeness (QED) is 0.328. The number of hydrogen-bond donors (Lipinski definition) is 0. The van der Waals surface area contributed by atoms with Crippen LogP contribution < -0.4 is 0 Å². The number of aromatic nitrogens is 1. The number of halogens is 1. The number of fused-ring (bicyclic) bond motifs is 1. The maximum absolute atomic E-state index is 7.13. The summed E-state index contributed by atoms with van der Waals surface area (Å²) in [6.45, 7) is 20.2. The monoisotopic (exact) mass is 392 g/mol. The van der Waals surface area contributed by atoms with E-state index in [9.17, 15) is 0 Å². The first-order chi connectivity index (χ1) is 10.7. The van der Waals surface area contributed by atoms with E-state index in [4.69, 9.17) is 11.0 Å². The molecule has 0 spiro atoms. The minimum absolute atomic E-state index is 0.256. The lowest BCUT2D eigenvalue weighted by atomic mass is 10.2. The fourth-order valence-electron chi connectivity index (χ4n) is 2.27. The van der Waals surface area contributed by atoms with E-state index in [0.717, 1.165) is 34.9 Å². The maximum Gasteiger partial charge on any atom is 0.191 e. The van der Waals surface area contributed by atoms with Gasteiger partial charge < -0.3 is 8.99 Å². The standard InChI is InChI=1S/C18H25BrN2OSi/c1-18(2,3)23(5,6)22-11-7-10-21-13-16(19)15-12-14(20-4)8-9-17(15)21/h8-9,12-13H,7,10-11H2,1-3,5-6H3. The lowest BCUT2D eigenvalue weighted by Crippen LogP contribution is -2.41. The molecule has 5 heteroatoms. The summed E-state index contributed by atoms with van der Waals surface area (Å²) in [5.74, 6) is 0. The van der Waals surface area contributed by atoms with E-state index in [1.54, 1.807) is 0 Å². The van der Waals surface area contributed by atoms with Gasteiger partial charge in [-0.25, -0.2) is 4.85 Å². The molecule has 0 radical (unpaired) electrons. The van der Waals surface area contributed by atoms with E-state index in [1.165, 1.54) is 0 Å². The molecule has 0 atom stereocenters. The van der Waals surface area contributed by atoms with Crippen LogP contribution in [0.4, 0.5) is 5.69 Å². The molecule has 0 saturated carbocycles. The molecule has 0 aliphatic rings. The van der Waals surface area contributed by atoms with Crippen LogP contribution in [0.15, 0.2) is 28.9 Å². The van der Waals surface area contributed by atoms with Gasteiger partial charge in [-0.3, -0.25) is 0 Å². The van der Waals surface area contributed by atoms with Crippen LogP contribution >= 0.6 is 15.9 Å². The summed E-state index contributed by atoms with van der Waals surface area (Å²) in [5, 5.41) is 1.36. The molecule has 1 aromatic heterocycles. The normalized spacial score (nSPS) is 12.6. The number of nitrogens with zero attached hydrogens (tertiary/aromatic N) is 2. The lowest BCUT2D eigenvalue weighted by molar-refractivity contribution is 0.275. The van der Waals surface area contributed by atoms with E-state index in [1.807, 2.05) is 18.2 Å². The first-order valence-electron chi connectivity index (χ1n) is 7.95. The summed E-state index contributed by atoms with van der Waals surface area (Å²) in [6.07, 6.45) is 3.10. The number of benzene rings is 1. The zero-order valence-electron chi connectivity index (χ0n) is 14.6. The summed E-state index contributed by atoms with van der Waals surface area (Å²) < 4.78 is 9.53. The van der Waals surface area contributed by atoms with Gasteiger partial charge in [-0.05, 0) is 52.6 Å². The molecule has 0 aliphatic carbocycles. The lowest BCUT2D eigenvalue weighted by Gasteiger charge is -2.36. The molecule has 0 fully saturated rings. The molecule has 0 aliphatic heterocycles. The van der Waals surface area contributed by atoms with Gasteiger partial charge in [0.05, 0.1) is 6.57 Å². The predicted octanol–water partition coefficient (Wildman–Crippen LogP) is 6.37. The van der Waals surface area contributed by atoms with E-state index in [-0.39, 0.29) is 5.04 Å². The molecule has 2 aromatic rings. The summed E-state index contributed by atoms with van der Waals surface area (Å²) in [5.41, 5.74) is 1.84. The fraction of sp³-hybridized carbons (Fsp3) is 0.500. The first-order valence-corrected chi connectivity index (χ1v) is 11.7. The Balaban J connectivity index is 2.02. The second kappa shape index (κ2) is 6.80. The van der Waals surface area contributed by atoms with Crippen molar-refractivity contribution < 1.29 is 4.43 Å². The highest BCUT2D eigenvalue weighted by atomic mass is 79.9. The first kappa shape index (κ1) is 18.2. The third-order valence-corrected chi connectivity index (χ3v) is 9.93. The maximum atomic E-state index is 7.13. The number of hydrogen-bond acceptors (Lipinski definition) is 1. The summed E-state index contributed by atoms with van der Waals surface area (Å²) in [6, 6.07) is 5.85. The van der Waals surface area contributed by atoms with Crippen LogP contribution in [0, 0.1) is 6.57 Å². The highest BCUT2D eigenvalue weighted by molar-refractivity contribution is 9.10. The minimum atomic E-state index is -1.66. The average Bonchev–Trinajstić information content (AvgIpc) is 2.78. The summed E-state index contributed by atoms with van der Waals surface area (Å²) in [4.78, 5) is 3.50. The SMILES string of the molecule is [C-]#[N+]c1ccc2c(c1)c(Br)cn2CCCO[Si](C)(C)C(C)(C)C. The van der Waals surface area contributed by atoms with Gasteiger partial charge in [0.2, 0.25) is 0 Å². The van der Waals surface area contributed by atoms with Crippen LogP contribution in [0.1, 0.15) is 27.2 Å². The van der Waals surface area contributed by atoms with Gasteiger partial charge in [-0.2, -0.15) is 0 Å². The Morgan fingerprint density at radius 1 is 1.30 bits per heavy atom. The van der Waals surface area contributed by atoms with Crippen molar-refractivity contribution in [2.24, 2.45) is 0 Å². The van der Waals surface area contributed by atoms with Crippen LogP contribution in [0.3, 0.4) is 0 Å². The Morgan fingerprint density at radius 2 is 2.00 bits per heavy atom. The summed E-state index contributed by atoms with van der Waals surface area (Å²) in [7, 11) is -1.66. The van der Waals surface area contributed by atoms with Gasteiger partial charge in [0.15, 0.2) is 14.0 Å². The molecule has 0 N–H and O–H groups in total. The van der Waals surface area contributed by atoms with Gasteiger partial charge in [0, 0.05) is 34.7 Å². The second-order valence-electron chi connectivity index (χ2n) is 7.45. The van der Waals surface area contributed by atoms with Gasteiger partial charge in [0.1, 0.15) is 0 Å². The molecular weight excluding hydrogens is 368 g/mol. The number of aryl methyl sites for hydroxylation is 1. The van der Waals surface area contributed by atoms with Gasteiger partial charge >= 0.3 is 0 Å². The largest absolute Gasteiger partial charge is 0.417 e. The van der Waals surface area contributed by atoms with Crippen molar-refractivity contribution in [1.29, 1.82) is 0 Å². The molecule has 3 nitrogen and oxygen atoms in total. The topological polar surface area (TPSA) is 18.5 Å². The Morgan fingerprint density at radius 3 is 2.61 bits per heavy atom. The smallest absolute Gasteiger partial charge is 0.191 e. The fourth-order valence-corrected chi connectivity index (χ4v) is 3.93. The zero-order chi connectivity index (χ0) is 17.3. The minimum Gasteiger partial charge on any atom is -0.417 e. The van der Waals surface area contributed by atoms with Gasteiger partial charge in [-0.15, -0.1) is 0 Å². The second-order valence-corrected chi connectivity index (χ2v) is 13.1. The molecule has 0 saturated heterocycles.